The smallest absolute Gasteiger partial charge is 0.261 e. The molecule has 180 valence electrons. The molecular weight excluding hydrogens is 462 g/mol. The van der Waals surface area contributed by atoms with E-state index in [2.05, 4.69) is 4.72 Å². The van der Waals surface area contributed by atoms with Crippen LogP contribution in [0.4, 0.5) is 11.4 Å². The van der Waals surface area contributed by atoms with Crippen LogP contribution in [-0.2, 0) is 37.6 Å². The van der Waals surface area contributed by atoms with Crippen molar-refractivity contribution < 1.29 is 21.6 Å². The van der Waals surface area contributed by atoms with Crippen molar-refractivity contribution in [1.29, 1.82) is 0 Å². The monoisotopic (exact) mass is 493 g/mol. The Labute approximate surface area is 196 Å². The molecular formula is C23H31N3O5S2. The number of hydrogen-bond acceptors (Lipinski definition) is 6. The van der Waals surface area contributed by atoms with Crippen LogP contribution < -0.4 is 9.62 Å². The molecule has 4 rings (SSSR count). The molecule has 2 aromatic carbocycles. The average molecular weight is 494 g/mol. The lowest BCUT2D eigenvalue weighted by Gasteiger charge is -2.31. The zero-order valence-electron chi connectivity index (χ0n) is 19.1. The van der Waals surface area contributed by atoms with Gasteiger partial charge in [-0.1, -0.05) is 19.9 Å². The third-order valence-corrected chi connectivity index (χ3v) is 9.70. The maximum absolute atomic E-state index is 13.3. The summed E-state index contributed by atoms with van der Waals surface area (Å²) in [5.74, 6) is 0. The first kappa shape index (κ1) is 24.0. The van der Waals surface area contributed by atoms with Gasteiger partial charge in [0.2, 0.25) is 10.0 Å². The summed E-state index contributed by atoms with van der Waals surface area (Å²) in [6.45, 7) is 6.46. The number of anilines is 2. The van der Waals surface area contributed by atoms with E-state index in [-0.39, 0.29) is 15.5 Å². The zero-order chi connectivity index (χ0) is 23.6. The molecule has 10 heteroatoms. The number of fused-ring (bicyclic) bond motifs is 1. The van der Waals surface area contributed by atoms with Gasteiger partial charge in [0.1, 0.15) is 0 Å². The highest BCUT2D eigenvalue weighted by molar-refractivity contribution is 7.92. The van der Waals surface area contributed by atoms with Crippen LogP contribution in [0.3, 0.4) is 0 Å². The van der Waals surface area contributed by atoms with E-state index < -0.39 is 20.0 Å². The molecule has 0 spiro atoms. The van der Waals surface area contributed by atoms with Crippen LogP contribution in [0.5, 0.6) is 0 Å². The molecule has 1 aliphatic carbocycles. The number of rotatable bonds is 8. The van der Waals surface area contributed by atoms with Gasteiger partial charge in [0.25, 0.3) is 10.0 Å². The van der Waals surface area contributed by atoms with E-state index in [0.29, 0.717) is 45.1 Å². The molecule has 0 amide bonds. The highest BCUT2D eigenvalue weighted by Gasteiger charge is 2.26. The summed E-state index contributed by atoms with van der Waals surface area (Å²) in [7, 11) is -7.65. The standard InChI is InChI=1S/C23H31N3O5S2/c1-3-26(4-2)33(29,30)21-10-11-23(25-12-14-31-15-13-25)22(17-21)24-32(27,28)20-9-8-18-6-5-7-19(18)16-20/h8-11,16-17,24H,3-7,12-15H2,1-2H3. The van der Waals surface area contributed by atoms with E-state index >= 15 is 0 Å². The molecule has 8 nitrogen and oxygen atoms in total. The molecule has 2 aliphatic rings. The lowest BCUT2D eigenvalue weighted by Crippen LogP contribution is -2.37. The van der Waals surface area contributed by atoms with Crippen molar-refractivity contribution in [2.75, 3.05) is 49.0 Å². The molecule has 0 radical (unpaired) electrons. The molecule has 33 heavy (non-hydrogen) atoms. The molecule has 1 saturated heterocycles. The number of ether oxygens (including phenoxy) is 1. The molecule has 1 heterocycles. The van der Waals surface area contributed by atoms with Crippen molar-refractivity contribution in [3.63, 3.8) is 0 Å². The van der Waals surface area contributed by atoms with E-state index in [4.69, 9.17) is 4.74 Å². The largest absolute Gasteiger partial charge is 0.378 e. The molecule has 0 aromatic heterocycles. The van der Waals surface area contributed by atoms with Crippen LogP contribution in [0.25, 0.3) is 0 Å². The van der Waals surface area contributed by atoms with E-state index in [0.717, 1.165) is 24.8 Å². The Bertz CT molecular complexity index is 1220. The maximum atomic E-state index is 13.3. The predicted octanol–water partition coefficient (Wildman–Crippen LogP) is 2.84. The zero-order valence-corrected chi connectivity index (χ0v) is 20.7. The van der Waals surface area contributed by atoms with Gasteiger partial charge in [0.05, 0.1) is 34.4 Å². The molecule has 1 fully saturated rings. The average Bonchev–Trinajstić information content (AvgIpc) is 3.28. The Kier molecular flexibility index (Phi) is 6.99. The van der Waals surface area contributed by atoms with Crippen LogP contribution in [-0.4, -0.2) is 60.5 Å². The first-order valence-corrected chi connectivity index (χ1v) is 14.3. The molecule has 1 N–H and O–H groups in total. The fourth-order valence-electron chi connectivity index (χ4n) is 4.47. The van der Waals surface area contributed by atoms with E-state index in [9.17, 15) is 16.8 Å². The lowest BCUT2D eigenvalue weighted by molar-refractivity contribution is 0.123. The van der Waals surface area contributed by atoms with Crippen molar-refractivity contribution in [1.82, 2.24) is 4.31 Å². The number of aryl methyl sites for hydroxylation is 2. The second-order valence-corrected chi connectivity index (χ2v) is 11.9. The van der Waals surface area contributed by atoms with Crippen molar-refractivity contribution in [3.05, 3.63) is 47.5 Å². The second kappa shape index (κ2) is 9.61. The van der Waals surface area contributed by atoms with Crippen molar-refractivity contribution >= 4 is 31.4 Å². The Morgan fingerprint density at radius 2 is 1.58 bits per heavy atom. The summed E-state index contributed by atoms with van der Waals surface area (Å²) >= 11 is 0. The van der Waals surface area contributed by atoms with Crippen molar-refractivity contribution in [3.8, 4) is 0 Å². The fourth-order valence-corrected chi connectivity index (χ4v) is 7.07. The second-order valence-electron chi connectivity index (χ2n) is 8.26. The Hall–Kier alpha value is -2.14. The first-order valence-electron chi connectivity index (χ1n) is 11.4. The van der Waals surface area contributed by atoms with Gasteiger partial charge in [0.15, 0.2) is 0 Å². The van der Waals surface area contributed by atoms with E-state index in [1.54, 1.807) is 38.1 Å². The van der Waals surface area contributed by atoms with Crippen molar-refractivity contribution in [2.24, 2.45) is 0 Å². The van der Waals surface area contributed by atoms with Crippen LogP contribution in [0, 0.1) is 0 Å². The van der Waals surface area contributed by atoms with Crippen LogP contribution in [0.1, 0.15) is 31.4 Å². The SMILES string of the molecule is CCN(CC)S(=O)(=O)c1ccc(N2CCOCC2)c(NS(=O)(=O)c2ccc3c(c2)CCC3)c1. The van der Waals surface area contributed by atoms with Crippen molar-refractivity contribution in [2.45, 2.75) is 42.9 Å². The van der Waals surface area contributed by atoms with E-state index in [1.165, 1.54) is 15.9 Å². The summed E-state index contributed by atoms with van der Waals surface area (Å²) in [6, 6.07) is 9.89. The Morgan fingerprint density at radius 3 is 2.27 bits per heavy atom. The summed E-state index contributed by atoms with van der Waals surface area (Å²) in [5.41, 5.74) is 3.14. The number of nitrogens with zero attached hydrogens (tertiary/aromatic N) is 2. The van der Waals surface area contributed by atoms with Gasteiger partial charge in [-0.2, -0.15) is 4.31 Å². The normalized spacial score (nSPS) is 16.8. The topological polar surface area (TPSA) is 96.0 Å². The molecule has 2 aromatic rings. The van der Waals surface area contributed by atoms with Gasteiger partial charge in [-0.3, -0.25) is 4.72 Å². The van der Waals surface area contributed by atoms with Crippen LogP contribution in [0.15, 0.2) is 46.2 Å². The minimum Gasteiger partial charge on any atom is -0.378 e. The molecule has 0 atom stereocenters. The number of sulfonamides is 2. The van der Waals surface area contributed by atoms with Gasteiger partial charge < -0.3 is 9.64 Å². The molecule has 0 unspecified atom stereocenters. The van der Waals surface area contributed by atoms with Gasteiger partial charge in [-0.25, -0.2) is 16.8 Å². The maximum Gasteiger partial charge on any atom is 0.261 e. The first-order chi connectivity index (χ1) is 15.8. The minimum absolute atomic E-state index is 0.0647. The van der Waals surface area contributed by atoms with Crippen LogP contribution in [0.2, 0.25) is 0 Å². The quantitative estimate of drug-likeness (QED) is 0.608. The number of hydrogen-bond donors (Lipinski definition) is 1. The van der Waals surface area contributed by atoms with Gasteiger partial charge in [-0.05, 0) is 60.7 Å². The summed E-state index contributed by atoms with van der Waals surface area (Å²) < 4.78 is 62.4. The van der Waals surface area contributed by atoms with Crippen LogP contribution >= 0.6 is 0 Å². The summed E-state index contributed by atoms with van der Waals surface area (Å²) in [5, 5.41) is 0. The lowest BCUT2D eigenvalue weighted by atomic mass is 10.1. The molecule has 1 aliphatic heterocycles. The number of benzene rings is 2. The summed E-state index contributed by atoms with van der Waals surface area (Å²) in [6.07, 6.45) is 2.86. The summed E-state index contributed by atoms with van der Waals surface area (Å²) in [4.78, 5) is 2.26. The van der Waals surface area contributed by atoms with E-state index in [1.807, 2.05) is 11.0 Å². The van der Waals surface area contributed by atoms with Gasteiger partial charge >= 0.3 is 0 Å². The number of morpholine rings is 1. The molecule has 0 saturated carbocycles. The Balaban J connectivity index is 1.75. The highest BCUT2D eigenvalue weighted by atomic mass is 32.2. The van der Waals surface area contributed by atoms with Gasteiger partial charge in [-0.15, -0.1) is 0 Å². The Morgan fingerprint density at radius 1 is 0.909 bits per heavy atom. The molecule has 0 bridgehead atoms. The number of nitrogens with one attached hydrogen (secondary N) is 1. The third kappa shape index (κ3) is 4.89. The predicted molar refractivity (Wildman–Crippen MR) is 129 cm³/mol. The van der Waals surface area contributed by atoms with Gasteiger partial charge in [0, 0.05) is 26.2 Å². The minimum atomic E-state index is -3.91. The highest BCUT2D eigenvalue weighted by Crippen LogP contribution is 2.33. The third-order valence-electron chi connectivity index (χ3n) is 6.29. The fraction of sp³-hybridized carbons (Fsp3) is 0.478.